The highest BCUT2D eigenvalue weighted by atomic mass is 19.3. The number of alkyl halides is 2. The molecule has 150 valence electrons. The minimum Gasteiger partial charge on any atom is -0.434 e. The number of hydrogen-bond acceptors (Lipinski definition) is 6. The number of benzene rings is 1. The number of rotatable bonds is 6. The normalized spacial score (nSPS) is 13.3. The van der Waals surface area contributed by atoms with Crippen LogP contribution in [0.4, 0.5) is 20.4 Å². The van der Waals surface area contributed by atoms with Crippen molar-refractivity contribution in [2.75, 3.05) is 16.8 Å². The predicted octanol–water partition coefficient (Wildman–Crippen LogP) is 3.96. The quantitative estimate of drug-likeness (QED) is 0.679. The van der Waals surface area contributed by atoms with Gasteiger partial charge in [-0.1, -0.05) is 24.3 Å². The molecule has 2 aromatic heterocycles. The van der Waals surface area contributed by atoms with Gasteiger partial charge in [-0.3, -0.25) is 0 Å². The van der Waals surface area contributed by atoms with Crippen LogP contribution >= 0.6 is 0 Å². The molecular formula is C21H21F2N5O. The van der Waals surface area contributed by atoms with Gasteiger partial charge in [-0.15, -0.1) is 0 Å². The lowest BCUT2D eigenvalue weighted by Crippen LogP contribution is -2.32. The molecular weight excluding hydrogens is 376 g/mol. The number of halogens is 2. The number of aryl methyl sites for hydroxylation is 1. The Balaban J connectivity index is 1.53. The summed E-state index contributed by atoms with van der Waals surface area (Å²) in [5.41, 5.74) is 3.73. The van der Waals surface area contributed by atoms with E-state index in [0.717, 1.165) is 35.6 Å². The molecule has 0 bridgehead atoms. The maximum Gasteiger partial charge on any atom is 0.387 e. The van der Waals surface area contributed by atoms with Crippen LogP contribution in [-0.4, -0.2) is 28.1 Å². The lowest BCUT2D eigenvalue weighted by atomic mass is 10.1. The van der Waals surface area contributed by atoms with Crippen molar-refractivity contribution in [3.8, 4) is 5.75 Å². The Morgan fingerprint density at radius 3 is 2.79 bits per heavy atom. The largest absolute Gasteiger partial charge is 0.434 e. The third kappa shape index (κ3) is 4.42. The van der Waals surface area contributed by atoms with Crippen molar-refractivity contribution in [2.45, 2.75) is 33.0 Å². The SMILES string of the molecule is Cc1ccc(N2CCc3ncnc(NCc4ccccc4OC(F)F)c3C2)nc1. The van der Waals surface area contributed by atoms with Crippen molar-refractivity contribution in [2.24, 2.45) is 0 Å². The molecule has 1 aromatic carbocycles. The molecule has 0 amide bonds. The summed E-state index contributed by atoms with van der Waals surface area (Å²) >= 11 is 0. The Hall–Kier alpha value is -3.29. The van der Waals surface area contributed by atoms with Gasteiger partial charge in [0.2, 0.25) is 0 Å². The molecule has 0 saturated heterocycles. The van der Waals surface area contributed by atoms with Gasteiger partial charge in [0.1, 0.15) is 23.7 Å². The first-order valence-electron chi connectivity index (χ1n) is 9.37. The highest BCUT2D eigenvalue weighted by Crippen LogP contribution is 2.27. The van der Waals surface area contributed by atoms with Crippen LogP contribution in [0.25, 0.3) is 0 Å². The van der Waals surface area contributed by atoms with Crippen LogP contribution in [0.15, 0.2) is 48.9 Å². The summed E-state index contributed by atoms with van der Waals surface area (Å²) in [6.45, 7) is 0.913. The first-order chi connectivity index (χ1) is 14.1. The van der Waals surface area contributed by atoms with Gasteiger partial charge in [0, 0.05) is 43.4 Å². The summed E-state index contributed by atoms with van der Waals surface area (Å²) in [6.07, 6.45) is 4.17. The molecule has 6 nitrogen and oxygen atoms in total. The van der Waals surface area contributed by atoms with Crippen molar-refractivity contribution in [3.63, 3.8) is 0 Å². The number of fused-ring (bicyclic) bond motifs is 1. The average Bonchev–Trinajstić information content (AvgIpc) is 2.73. The minimum absolute atomic E-state index is 0.156. The highest BCUT2D eigenvalue weighted by molar-refractivity contribution is 5.53. The lowest BCUT2D eigenvalue weighted by molar-refractivity contribution is -0.0504. The van der Waals surface area contributed by atoms with Gasteiger partial charge in [-0.2, -0.15) is 8.78 Å². The predicted molar refractivity (Wildman–Crippen MR) is 106 cm³/mol. The van der Waals surface area contributed by atoms with Gasteiger partial charge in [0.05, 0.1) is 5.69 Å². The maximum absolute atomic E-state index is 12.6. The van der Waals surface area contributed by atoms with Crippen molar-refractivity contribution in [3.05, 3.63) is 71.3 Å². The smallest absolute Gasteiger partial charge is 0.387 e. The van der Waals surface area contributed by atoms with Crippen molar-refractivity contribution < 1.29 is 13.5 Å². The summed E-state index contributed by atoms with van der Waals surface area (Å²) in [5, 5.41) is 3.26. The van der Waals surface area contributed by atoms with Crippen LogP contribution in [0.3, 0.4) is 0 Å². The van der Waals surface area contributed by atoms with E-state index in [9.17, 15) is 8.78 Å². The van der Waals surface area contributed by atoms with E-state index < -0.39 is 6.61 Å². The Morgan fingerprint density at radius 1 is 1.14 bits per heavy atom. The molecule has 3 heterocycles. The summed E-state index contributed by atoms with van der Waals surface area (Å²) in [6, 6.07) is 10.8. The molecule has 29 heavy (non-hydrogen) atoms. The molecule has 1 aliphatic rings. The second kappa shape index (κ2) is 8.38. The fourth-order valence-electron chi connectivity index (χ4n) is 3.38. The molecule has 0 spiro atoms. The topological polar surface area (TPSA) is 63.2 Å². The third-order valence-electron chi connectivity index (χ3n) is 4.86. The number of nitrogens with one attached hydrogen (secondary N) is 1. The van der Waals surface area contributed by atoms with Crippen LogP contribution in [0, 0.1) is 6.92 Å². The third-order valence-corrected chi connectivity index (χ3v) is 4.86. The maximum atomic E-state index is 12.6. The molecule has 0 fully saturated rings. The lowest BCUT2D eigenvalue weighted by Gasteiger charge is -2.30. The van der Waals surface area contributed by atoms with Gasteiger partial charge in [0.15, 0.2) is 0 Å². The zero-order valence-electron chi connectivity index (χ0n) is 16.0. The Morgan fingerprint density at radius 2 is 2.00 bits per heavy atom. The van der Waals surface area contributed by atoms with Gasteiger partial charge in [-0.05, 0) is 24.6 Å². The Labute approximate surface area is 167 Å². The van der Waals surface area contributed by atoms with E-state index in [4.69, 9.17) is 0 Å². The van der Waals surface area contributed by atoms with E-state index in [2.05, 4.69) is 29.9 Å². The molecule has 0 aliphatic carbocycles. The second-order valence-electron chi connectivity index (χ2n) is 6.85. The van der Waals surface area contributed by atoms with E-state index in [-0.39, 0.29) is 5.75 Å². The number of pyridine rings is 1. The number of hydrogen-bond donors (Lipinski definition) is 1. The molecule has 0 atom stereocenters. The van der Waals surface area contributed by atoms with Crippen molar-refractivity contribution >= 4 is 11.6 Å². The van der Waals surface area contributed by atoms with Gasteiger partial charge in [-0.25, -0.2) is 15.0 Å². The first kappa shape index (κ1) is 19.0. The number of aromatic nitrogens is 3. The molecule has 0 radical (unpaired) electrons. The van der Waals surface area contributed by atoms with Crippen LogP contribution in [0.2, 0.25) is 0 Å². The monoisotopic (exact) mass is 397 g/mol. The molecule has 0 saturated carbocycles. The highest BCUT2D eigenvalue weighted by Gasteiger charge is 2.22. The molecule has 8 heteroatoms. The van der Waals surface area contributed by atoms with Gasteiger partial charge >= 0.3 is 6.61 Å². The minimum atomic E-state index is -2.86. The zero-order chi connectivity index (χ0) is 20.2. The molecule has 4 rings (SSSR count). The zero-order valence-corrected chi connectivity index (χ0v) is 16.0. The van der Waals surface area contributed by atoms with Crippen LogP contribution in [0.5, 0.6) is 5.75 Å². The fraction of sp³-hybridized carbons (Fsp3) is 0.286. The number of ether oxygens (including phenoxy) is 1. The standard InChI is InChI=1S/C21H21F2N5O/c1-14-6-7-19(24-10-14)28-9-8-17-16(12-28)20(27-13-26-17)25-11-15-4-2-3-5-18(15)29-21(22)23/h2-7,10,13,21H,8-9,11-12H2,1H3,(H,25,26,27). The number of nitrogens with zero attached hydrogens (tertiary/aromatic N) is 4. The molecule has 0 unspecified atom stereocenters. The van der Waals surface area contributed by atoms with E-state index >= 15 is 0 Å². The molecule has 1 aliphatic heterocycles. The van der Waals surface area contributed by atoms with Crippen LogP contribution in [-0.2, 0) is 19.5 Å². The van der Waals surface area contributed by atoms with Crippen LogP contribution in [0.1, 0.15) is 22.4 Å². The molecule has 3 aromatic rings. The van der Waals surface area contributed by atoms with Crippen molar-refractivity contribution in [1.29, 1.82) is 0 Å². The van der Waals surface area contributed by atoms with E-state index in [1.54, 1.807) is 18.2 Å². The van der Waals surface area contributed by atoms with Gasteiger partial charge in [0.25, 0.3) is 0 Å². The Kier molecular flexibility index (Phi) is 5.50. The fourth-order valence-corrected chi connectivity index (χ4v) is 3.38. The average molecular weight is 397 g/mol. The summed E-state index contributed by atoms with van der Waals surface area (Å²) < 4.78 is 29.9. The molecule has 1 N–H and O–H groups in total. The number of anilines is 2. The van der Waals surface area contributed by atoms with E-state index in [1.807, 2.05) is 25.3 Å². The summed E-state index contributed by atoms with van der Waals surface area (Å²) in [4.78, 5) is 15.5. The Bertz CT molecular complexity index is 981. The van der Waals surface area contributed by atoms with E-state index in [0.29, 0.717) is 24.5 Å². The van der Waals surface area contributed by atoms with Gasteiger partial charge < -0.3 is 15.0 Å². The van der Waals surface area contributed by atoms with Crippen molar-refractivity contribution in [1.82, 2.24) is 15.0 Å². The number of para-hydroxylation sites is 1. The second-order valence-corrected chi connectivity index (χ2v) is 6.85. The summed E-state index contributed by atoms with van der Waals surface area (Å²) in [7, 11) is 0. The first-order valence-corrected chi connectivity index (χ1v) is 9.37. The van der Waals surface area contributed by atoms with Crippen LogP contribution < -0.4 is 15.0 Å². The van der Waals surface area contributed by atoms with E-state index in [1.165, 1.54) is 12.4 Å². The summed E-state index contributed by atoms with van der Waals surface area (Å²) in [5.74, 6) is 1.76.